The van der Waals surface area contributed by atoms with Crippen LogP contribution in [0.25, 0.3) is 0 Å². The van der Waals surface area contributed by atoms with Crippen molar-refractivity contribution in [2.45, 2.75) is 52.0 Å². The Bertz CT molecular complexity index is 753. The minimum atomic E-state index is 0. The lowest BCUT2D eigenvalue weighted by atomic mass is 9.83. The summed E-state index contributed by atoms with van der Waals surface area (Å²) in [6, 6.07) is 4.25. The number of rotatable bonds is 11. The molecule has 1 aliphatic carbocycles. The van der Waals surface area contributed by atoms with Gasteiger partial charge in [-0.25, -0.2) is 0 Å². The molecule has 1 aromatic rings. The number of methoxy groups -OCH3 is 3. The van der Waals surface area contributed by atoms with Crippen LogP contribution in [0.2, 0.25) is 0 Å². The van der Waals surface area contributed by atoms with E-state index < -0.39 is 0 Å². The van der Waals surface area contributed by atoms with Gasteiger partial charge in [0.15, 0.2) is 17.5 Å². The van der Waals surface area contributed by atoms with Crippen molar-refractivity contribution in [2.24, 2.45) is 10.4 Å². The summed E-state index contributed by atoms with van der Waals surface area (Å²) in [5, 5.41) is 6.97. The highest BCUT2D eigenvalue weighted by Crippen LogP contribution is 2.41. The van der Waals surface area contributed by atoms with Gasteiger partial charge in [0.25, 0.3) is 0 Å². The fraction of sp³-hybridized carbons (Fsp3) is 0.720. The molecular weight excluding hydrogens is 531 g/mol. The summed E-state index contributed by atoms with van der Waals surface area (Å²) in [5.74, 6) is 2.56. The van der Waals surface area contributed by atoms with E-state index >= 15 is 0 Å². The summed E-state index contributed by atoms with van der Waals surface area (Å²) in [6.45, 7) is 8.54. The first-order chi connectivity index (χ1) is 15.6. The van der Waals surface area contributed by atoms with Crippen LogP contribution in [0.1, 0.15) is 50.2 Å². The fourth-order valence-corrected chi connectivity index (χ4v) is 4.98. The van der Waals surface area contributed by atoms with Gasteiger partial charge in [-0.1, -0.05) is 12.8 Å². The summed E-state index contributed by atoms with van der Waals surface area (Å²) in [4.78, 5) is 7.46. The van der Waals surface area contributed by atoms with Crippen LogP contribution in [0, 0.1) is 5.41 Å². The predicted octanol–water partition coefficient (Wildman–Crippen LogP) is 3.83. The van der Waals surface area contributed by atoms with Gasteiger partial charge >= 0.3 is 0 Å². The molecular formula is C25H43IN4O3. The Labute approximate surface area is 217 Å². The van der Waals surface area contributed by atoms with Crippen molar-refractivity contribution < 1.29 is 14.2 Å². The molecule has 0 bridgehead atoms. The maximum atomic E-state index is 5.49. The van der Waals surface area contributed by atoms with Crippen molar-refractivity contribution in [1.29, 1.82) is 0 Å². The Morgan fingerprint density at radius 1 is 1.06 bits per heavy atom. The minimum absolute atomic E-state index is 0. The number of aliphatic imine (C=N–C) groups is 1. The topological polar surface area (TPSA) is 67.4 Å². The fourth-order valence-electron chi connectivity index (χ4n) is 4.98. The van der Waals surface area contributed by atoms with Crippen molar-refractivity contribution in [3.05, 3.63) is 23.3 Å². The third-order valence-electron chi connectivity index (χ3n) is 6.94. The van der Waals surface area contributed by atoms with Crippen molar-refractivity contribution in [3.63, 3.8) is 0 Å². The molecule has 1 fully saturated rings. The highest BCUT2D eigenvalue weighted by atomic mass is 127. The Morgan fingerprint density at radius 3 is 2.39 bits per heavy atom. The van der Waals surface area contributed by atoms with Crippen LogP contribution in [0.3, 0.4) is 0 Å². The molecule has 1 aromatic carbocycles. The van der Waals surface area contributed by atoms with Crippen molar-refractivity contribution >= 4 is 29.9 Å². The zero-order valence-electron chi connectivity index (χ0n) is 20.9. The predicted molar refractivity (Wildman–Crippen MR) is 145 cm³/mol. The minimum Gasteiger partial charge on any atom is -0.493 e. The van der Waals surface area contributed by atoms with E-state index in [1.54, 1.807) is 21.3 Å². The molecule has 8 heteroatoms. The molecule has 188 valence electrons. The van der Waals surface area contributed by atoms with E-state index in [1.165, 1.54) is 36.8 Å². The van der Waals surface area contributed by atoms with Gasteiger partial charge in [-0.15, -0.1) is 24.0 Å². The molecule has 0 radical (unpaired) electrons. The van der Waals surface area contributed by atoms with Crippen LogP contribution in [0.4, 0.5) is 0 Å². The lowest BCUT2D eigenvalue weighted by Gasteiger charge is -2.30. The SMILES string of the molecule is CCNC(=NCC1(CCOC)CCCC1)NCCN1CCc2cc(OC)c(OC)cc2C1.I. The molecule has 0 spiro atoms. The first kappa shape index (κ1) is 28.0. The van der Waals surface area contributed by atoms with Gasteiger partial charge in [-0.3, -0.25) is 9.89 Å². The number of hydrogen-bond acceptors (Lipinski definition) is 5. The maximum Gasteiger partial charge on any atom is 0.191 e. The average Bonchev–Trinajstić information content (AvgIpc) is 3.29. The smallest absolute Gasteiger partial charge is 0.191 e. The molecule has 3 rings (SSSR count). The van der Waals surface area contributed by atoms with Crippen LogP contribution < -0.4 is 20.1 Å². The van der Waals surface area contributed by atoms with Gasteiger partial charge in [0.05, 0.1) is 14.2 Å². The largest absolute Gasteiger partial charge is 0.493 e. The maximum absolute atomic E-state index is 5.49. The Balaban J connectivity index is 0.00000385. The molecule has 2 aliphatic rings. The van der Waals surface area contributed by atoms with Crippen molar-refractivity contribution in [3.8, 4) is 11.5 Å². The molecule has 1 heterocycles. The summed E-state index contributed by atoms with van der Waals surface area (Å²) in [6.07, 6.45) is 7.30. The second-order valence-electron chi connectivity index (χ2n) is 9.07. The molecule has 0 saturated heterocycles. The summed E-state index contributed by atoms with van der Waals surface area (Å²) in [7, 11) is 5.19. The summed E-state index contributed by atoms with van der Waals surface area (Å²) in [5.41, 5.74) is 3.00. The Hall–Kier alpha value is -1.26. The molecule has 1 saturated carbocycles. The van der Waals surface area contributed by atoms with Gasteiger partial charge < -0.3 is 24.8 Å². The number of ether oxygens (including phenoxy) is 3. The molecule has 33 heavy (non-hydrogen) atoms. The summed E-state index contributed by atoms with van der Waals surface area (Å²) >= 11 is 0. The zero-order chi connectivity index (χ0) is 22.8. The molecule has 0 aromatic heterocycles. The van der Waals surface area contributed by atoms with Gasteiger partial charge in [0, 0.05) is 53.0 Å². The van der Waals surface area contributed by atoms with Crippen LogP contribution >= 0.6 is 24.0 Å². The van der Waals surface area contributed by atoms with Gasteiger partial charge in [0.2, 0.25) is 0 Å². The quantitative estimate of drug-likeness (QED) is 0.238. The highest BCUT2D eigenvalue weighted by Gasteiger charge is 2.33. The van der Waals surface area contributed by atoms with E-state index in [9.17, 15) is 0 Å². The van der Waals surface area contributed by atoms with Crippen LogP contribution in [0.15, 0.2) is 17.1 Å². The van der Waals surface area contributed by atoms with E-state index in [1.807, 2.05) is 0 Å². The number of halogens is 1. The normalized spacial score (nSPS) is 17.8. The third-order valence-corrected chi connectivity index (χ3v) is 6.94. The number of fused-ring (bicyclic) bond motifs is 1. The van der Waals surface area contributed by atoms with E-state index in [-0.39, 0.29) is 24.0 Å². The second kappa shape index (κ2) is 14.2. The average molecular weight is 575 g/mol. The molecule has 0 amide bonds. The van der Waals surface area contributed by atoms with Gasteiger partial charge in [-0.2, -0.15) is 0 Å². The van der Waals surface area contributed by atoms with Gasteiger partial charge in [0.1, 0.15) is 0 Å². The lowest BCUT2D eigenvalue weighted by molar-refractivity contribution is 0.141. The highest BCUT2D eigenvalue weighted by molar-refractivity contribution is 14.0. The van der Waals surface area contributed by atoms with E-state index in [0.717, 1.165) is 76.2 Å². The van der Waals surface area contributed by atoms with Crippen LogP contribution in [0.5, 0.6) is 11.5 Å². The number of nitrogens with zero attached hydrogens (tertiary/aromatic N) is 2. The van der Waals surface area contributed by atoms with Gasteiger partial charge in [-0.05, 0) is 61.3 Å². The van der Waals surface area contributed by atoms with Crippen LogP contribution in [-0.4, -0.2) is 71.5 Å². The van der Waals surface area contributed by atoms with E-state index in [2.05, 4.69) is 34.6 Å². The molecule has 2 N–H and O–H groups in total. The standard InChI is InChI=1S/C25H42N4O3.HI/c1-5-26-24(28-19-25(11-15-30-2)9-6-7-10-25)27-12-14-29-13-8-20-16-22(31-3)23(32-4)17-21(20)18-29;/h16-17H,5-15,18-19H2,1-4H3,(H2,26,27,28);1H. The third kappa shape index (κ3) is 7.89. The first-order valence-corrected chi connectivity index (χ1v) is 12.1. The molecule has 1 aliphatic heterocycles. The monoisotopic (exact) mass is 574 g/mol. The molecule has 7 nitrogen and oxygen atoms in total. The van der Waals surface area contributed by atoms with Crippen molar-refractivity contribution in [1.82, 2.24) is 15.5 Å². The van der Waals surface area contributed by atoms with Crippen LogP contribution in [-0.2, 0) is 17.7 Å². The number of nitrogens with one attached hydrogen (secondary N) is 2. The Kier molecular flexibility index (Phi) is 12.0. The number of hydrogen-bond donors (Lipinski definition) is 2. The lowest BCUT2D eigenvalue weighted by Crippen LogP contribution is -2.43. The zero-order valence-corrected chi connectivity index (χ0v) is 23.2. The first-order valence-electron chi connectivity index (χ1n) is 12.1. The molecule has 0 unspecified atom stereocenters. The number of benzene rings is 1. The molecule has 0 atom stereocenters. The van der Waals surface area contributed by atoms with E-state index in [0.29, 0.717) is 5.41 Å². The van der Waals surface area contributed by atoms with Crippen molar-refractivity contribution in [2.75, 3.05) is 60.7 Å². The second-order valence-corrected chi connectivity index (χ2v) is 9.07. The number of guanidine groups is 1. The van der Waals surface area contributed by atoms with E-state index in [4.69, 9.17) is 19.2 Å². The Morgan fingerprint density at radius 2 is 1.76 bits per heavy atom. The summed E-state index contributed by atoms with van der Waals surface area (Å²) < 4.78 is 16.3.